The van der Waals surface area contributed by atoms with Crippen LogP contribution in [0.15, 0.2) is 18.7 Å². The van der Waals surface area contributed by atoms with E-state index in [2.05, 4.69) is 10.3 Å². The van der Waals surface area contributed by atoms with Gasteiger partial charge in [0.2, 0.25) is 5.91 Å². The minimum atomic E-state index is -0.560. The Balaban J connectivity index is 1.91. The summed E-state index contributed by atoms with van der Waals surface area (Å²) in [5.41, 5.74) is -0.560. The monoisotopic (exact) mass is 322 g/mol. The van der Waals surface area contributed by atoms with Crippen molar-refractivity contribution in [2.45, 2.75) is 64.8 Å². The fourth-order valence-electron chi connectivity index (χ4n) is 2.67. The summed E-state index contributed by atoms with van der Waals surface area (Å²) in [5.74, 6) is -0.124. The lowest BCUT2D eigenvalue weighted by atomic mass is 10.2. The summed E-state index contributed by atoms with van der Waals surface area (Å²) in [7, 11) is 0. The number of aromatic nitrogens is 2. The molecule has 0 saturated carbocycles. The number of carbonyl (C=O) groups excluding carboxylic acids is 2. The lowest BCUT2D eigenvalue weighted by Gasteiger charge is -2.28. The van der Waals surface area contributed by atoms with Crippen LogP contribution in [0.4, 0.5) is 4.79 Å². The van der Waals surface area contributed by atoms with Crippen molar-refractivity contribution in [3.05, 3.63) is 18.7 Å². The maximum Gasteiger partial charge on any atom is 0.410 e. The number of nitrogens with zero attached hydrogens (tertiary/aromatic N) is 3. The summed E-state index contributed by atoms with van der Waals surface area (Å²) < 4.78 is 7.29. The summed E-state index contributed by atoms with van der Waals surface area (Å²) in [6.45, 7) is 8.61. The highest BCUT2D eigenvalue weighted by molar-refractivity contribution is 5.86. The van der Waals surface area contributed by atoms with E-state index in [-0.39, 0.29) is 11.9 Å². The number of likely N-dealkylation sites (tertiary alicyclic amines) is 1. The van der Waals surface area contributed by atoms with Crippen LogP contribution in [0.3, 0.4) is 0 Å². The number of carbonyl (C=O) groups is 2. The fraction of sp³-hybridized carbons (Fsp3) is 0.688. The van der Waals surface area contributed by atoms with Gasteiger partial charge in [-0.3, -0.25) is 9.69 Å². The molecule has 1 N–H and O–H groups in total. The molecule has 7 heteroatoms. The zero-order valence-electron chi connectivity index (χ0n) is 14.3. The first-order valence-corrected chi connectivity index (χ1v) is 8.02. The van der Waals surface area contributed by atoms with Crippen molar-refractivity contribution in [2.24, 2.45) is 0 Å². The van der Waals surface area contributed by atoms with Crippen molar-refractivity contribution < 1.29 is 14.3 Å². The van der Waals surface area contributed by atoms with Gasteiger partial charge in [0, 0.05) is 31.5 Å². The second kappa shape index (κ2) is 7.02. The third-order valence-corrected chi connectivity index (χ3v) is 3.62. The van der Waals surface area contributed by atoms with E-state index in [9.17, 15) is 9.59 Å². The number of hydrogen-bond acceptors (Lipinski definition) is 4. The molecule has 2 atom stereocenters. The smallest absolute Gasteiger partial charge is 0.410 e. The van der Waals surface area contributed by atoms with Gasteiger partial charge in [0.1, 0.15) is 11.6 Å². The maximum atomic E-state index is 12.5. The van der Waals surface area contributed by atoms with Crippen LogP contribution in [0.5, 0.6) is 0 Å². The Bertz CT molecular complexity index is 536. The standard InChI is InChI=1S/C16H26N4O3/c1-12(10-19-9-7-17-11-19)18-14(21)13-6-5-8-20(13)15(22)23-16(2,3)4/h7,9,11-13H,5-6,8,10H2,1-4H3,(H,18,21)/t12-,13+/m1/s1. The molecule has 1 aromatic heterocycles. The molecule has 1 saturated heterocycles. The molecule has 23 heavy (non-hydrogen) atoms. The summed E-state index contributed by atoms with van der Waals surface area (Å²) in [4.78, 5) is 30.2. The number of rotatable bonds is 4. The number of ether oxygens (including phenoxy) is 1. The van der Waals surface area contributed by atoms with E-state index in [0.29, 0.717) is 19.5 Å². The van der Waals surface area contributed by atoms with E-state index >= 15 is 0 Å². The first-order chi connectivity index (χ1) is 10.8. The first kappa shape index (κ1) is 17.3. The Kier molecular flexibility index (Phi) is 5.28. The molecule has 128 valence electrons. The normalized spacial score (nSPS) is 19.5. The highest BCUT2D eigenvalue weighted by atomic mass is 16.6. The van der Waals surface area contributed by atoms with Crippen molar-refractivity contribution in [1.82, 2.24) is 19.8 Å². The molecule has 1 aromatic rings. The van der Waals surface area contributed by atoms with Gasteiger partial charge in [-0.25, -0.2) is 9.78 Å². The number of imidazole rings is 1. The van der Waals surface area contributed by atoms with Gasteiger partial charge in [0.15, 0.2) is 0 Å². The van der Waals surface area contributed by atoms with Crippen LogP contribution in [0, 0.1) is 0 Å². The molecule has 1 fully saturated rings. The number of amides is 2. The second-order valence-electron chi connectivity index (χ2n) is 7.00. The fourth-order valence-corrected chi connectivity index (χ4v) is 2.67. The first-order valence-electron chi connectivity index (χ1n) is 8.02. The molecule has 7 nitrogen and oxygen atoms in total. The Labute approximate surface area is 137 Å². The van der Waals surface area contributed by atoms with Gasteiger partial charge < -0.3 is 14.6 Å². The Morgan fingerprint density at radius 2 is 2.17 bits per heavy atom. The molecule has 0 aromatic carbocycles. The molecule has 0 radical (unpaired) electrons. The van der Waals surface area contributed by atoms with E-state index in [1.54, 1.807) is 12.5 Å². The topological polar surface area (TPSA) is 76.5 Å². The van der Waals surface area contributed by atoms with Crippen molar-refractivity contribution in [3.8, 4) is 0 Å². The van der Waals surface area contributed by atoms with Crippen molar-refractivity contribution in [1.29, 1.82) is 0 Å². The highest BCUT2D eigenvalue weighted by Gasteiger charge is 2.36. The maximum absolute atomic E-state index is 12.5. The largest absolute Gasteiger partial charge is 0.444 e. The van der Waals surface area contributed by atoms with E-state index in [0.717, 1.165) is 6.42 Å². The molecular formula is C16H26N4O3. The third-order valence-electron chi connectivity index (χ3n) is 3.62. The minimum absolute atomic E-state index is 0.0437. The Morgan fingerprint density at radius 1 is 1.43 bits per heavy atom. The van der Waals surface area contributed by atoms with E-state index in [1.807, 2.05) is 38.5 Å². The number of nitrogens with one attached hydrogen (secondary N) is 1. The van der Waals surface area contributed by atoms with Crippen molar-refractivity contribution in [2.75, 3.05) is 6.54 Å². The van der Waals surface area contributed by atoms with Gasteiger partial charge in [-0.1, -0.05) is 0 Å². The lowest BCUT2D eigenvalue weighted by molar-refractivity contribution is -0.126. The van der Waals surface area contributed by atoms with Crippen LogP contribution in [0.1, 0.15) is 40.5 Å². The zero-order chi connectivity index (χ0) is 17.0. The van der Waals surface area contributed by atoms with Crippen LogP contribution in [0.25, 0.3) is 0 Å². The molecule has 1 aliphatic rings. The SMILES string of the molecule is C[C@H](Cn1ccnc1)NC(=O)[C@@H]1CCCN1C(=O)OC(C)(C)C. The van der Waals surface area contributed by atoms with Gasteiger partial charge in [-0.2, -0.15) is 0 Å². The number of hydrogen-bond donors (Lipinski definition) is 1. The average molecular weight is 322 g/mol. The Morgan fingerprint density at radius 3 is 2.78 bits per heavy atom. The molecular weight excluding hydrogens is 296 g/mol. The van der Waals surface area contributed by atoms with E-state index < -0.39 is 17.7 Å². The van der Waals surface area contributed by atoms with Crippen molar-refractivity contribution >= 4 is 12.0 Å². The molecule has 1 aliphatic heterocycles. The van der Waals surface area contributed by atoms with Gasteiger partial charge in [0.25, 0.3) is 0 Å². The van der Waals surface area contributed by atoms with E-state index in [1.165, 1.54) is 4.90 Å². The van der Waals surface area contributed by atoms with E-state index in [4.69, 9.17) is 4.74 Å². The lowest BCUT2D eigenvalue weighted by Crippen LogP contribution is -2.50. The summed E-state index contributed by atoms with van der Waals surface area (Å²) in [6.07, 6.45) is 6.33. The van der Waals surface area contributed by atoms with Gasteiger partial charge in [-0.15, -0.1) is 0 Å². The molecule has 0 bridgehead atoms. The van der Waals surface area contributed by atoms with Gasteiger partial charge in [-0.05, 0) is 40.5 Å². The van der Waals surface area contributed by atoms with Crippen LogP contribution >= 0.6 is 0 Å². The predicted molar refractivity (Wildman–Crippen MR) is 85.8 cm³/mol. The summed E-state index contributed by atoms with van der Waals surface area (Å²) >= 11 is 0. The summed E-state index contributed by atoms with van der Waals surface area (Å²) in [5, 5.41) is 2.97. The minimum Gasteiger partial charge on any atom is -0.444 e. The second-order valence-corrected chi connectivity index (χ2v) is 7.00. The van der Waals surface area contributed by atoms with Crippen LogP contribution in [0.2, 0.25) is 0 Å². The predicted octanol–water partition coefficient (Wildman–Crippen LogP) is 1.79. The molecule has 2 amide bonds. The molecule has 2 rings (SSSR count). The molecule has 0 unspecified atom stereocenters. The van der Waals surface area contributed by atoms with Crippen LogP contribution < -0.4 is 5.32 Å². The van der Waals surface area contributed by atoms with Crippen LogP contribution in [-0.2, 0) is 16.1 Å². The zero-order valence-corrected chi connectivity index (χ0v) is 14.3. The average Bonchev–Trinajstić information content (AvgIpc) is 3.06. The molecule has 2 heterocycles. The third kappa shape index (κ3) is 4.97. The van der Waals surface area contributed by atoms with Crippen molar-refractivity contribution in [3.63, 3.8) is 0 Å². The Hall–Kier alpha value is -2.05. The van der Waals surface area contributed by atoms with Gasteiger partial charge >= 0.3 is 6.09 Å². The summed E-state index contributed by atoms with van der Waals surface area (Å²) in [6, 6.07) is -0.493. The highest BCUT2D eigenvalue weighted by Crippen LogP contribution is 2.21. The quantitative estimate of drug-likeness (QED) is 0.917. The molecule has 0 spiro atoms. The van der Waals surface area contributed by atoms with Gasteiger partial charge in [0.05, 0.1) is 6.33 Å². The molecule has 0 aliphatic carbocycles. The van der Waals surface area contributed by atoms with Crippen LogP contribution in [-0.4, -0.2) is 50.7 Å².